The Balaban J connectivity index is 0.00000552. The highest BCUT2D eigenvalue weighted by Gasteiger charge is 2.30. The number of aromatic hydroxyl groups is 2. The molecular formula is C35H44ClN3O6. The highest BCUT2D eigenvalue weighted by atomic mass is 35.5. The number of carbonyl (C=O) groups is 3. The van der Waals surface area contributed by atoms with Crippen molar-refractivity contribution in [3.05, 3.63) is 88.0 Å². The number of hydrogen-bond acceptors (Lipinski definition) is 8. The Morgan fingerprint density at radius 2 is 1.49 bits per heavy atom. The molecule has 0 radical (unpaired) electrons. The zero-order valence-electron chi connectivity index (χ0n) is 26.7. The summed E-state index contributed by atoms with van der Waals surface area (Å²) in [6.07, 6.45) is 0.757. The summed E-state index contributed by atoms with van der Waals surface area (Å²) >= 11 is 0. The smallest absolute Gasteiger partial charge is 0.338 e. The molecule has 0 aliphatic carbocycles. The van der Waals surface area contributed by atoms with Crippen LogP contribution in [0.2, 0.25) is 0 Å². The average molecular weight is 638 g/mol. The number of ketones is 1. The molecule has 1 amide bonds. The van der Waals surface area contributed by atoms with Gasteiger partial charge in [-0.2, -0.15) is 0 Å². The second-order valence-electron chi connectivity index (χ2n) is 12.2. The van der Waals surface area contributed by atoms with E-state index in [-0.39, 0.29) is 58.6 Å². The van der Waals surface area contributed by atoms with E-state index in [0.29, 0.717) is 35.2 Å². The molecule has 1 aliphatic rings. The third-order valence-corrected chi connectivity index (χ3v) is 8.03. The molecule has 0 saturated carbocycles. The number of carbonyl (C=O) groups excluding carboxylic acids is 3. The monoisotopic (exact) mass is 637 g/mol. The molecule has 1 fully saturated rings. The minimum atomic E-state index is -0.570. The van der Waals surface area contributed by atoms with Crippen LogP contribution in [0.4, 0.5) is 5.69 Å². The first-order chi connectivity index (χ1) is 20.9. The Morgan fingerprint density at radius 1 is 0.889 bits per heavy atom. The van der Waals surface area contributed by atoms with Gasteiger partial charge in [-0.3, -0.25) is 9.59 Å². The second-order valence-corrected chi connectivity index (χ2v) is 12.2. The van der Waals surface area contributed by atoms with E-state index in [1.54, 1.807) is 24.3 Å². The van der Waals surface area contributed by atoms with Crippen molar-refractivity contribution in [2.75, 3.05) is 32.1 Å². The van der Waals surface area contributed by atoms with Crippen LogP contribution < -0.4 is 15.5 Å². The predicted molar refractivity (Wildman–Crippen MR) is 178 cm³/mol. The summed E-state index contributed by atoms with van der Waals surface area (Å²) in [5.41, 5.74) is 3.43. The standard InChI is InChI=1S/C35H43N3O6.ClH/c1-20(2)26-16-24(17-27(21(3)4)33(26)41)34(42)37-29-19-36-15-7-8-31(29)44-35(43)23-11-9-22(10-12-23)32(40)28-18-25(38(5)6)13-14-30(28)39;/h9-14,16-18,20-21,29,31,36,39,41H,7-8,15,19H2,1-6H3,(H,37,42);1H/t29-,31-;/m1./s1. The number of ether oxygens (including phenoxy) is 1. The number of nitrogens with one attached hydrogen (secondary N) is 2. The molecule has 0 spiro atoms. The maximum atomic E-state index is 13.5. The van der Waals surface area contributed by atoms with Gasteiger partial charge in [0.25, 0.3) is 5.91 Å². The topological polar surface area (TPSA) is 128 Å². The first kappa shape index (κ1) is 35.4. The third-order valence-electron chi connectivity index (χ3n) is 8.03. The van der Waals surface area contributed by atoms with Crippen molar-refractivity contribution in [1.82, 2.24) is 10.6 Å². The van der Waals surface area contributed by atoms with Gasteiger partial charge in [-0.1, -0.05) is 39.8 Å². The summed E-state index contributed by atoms with van der Waals surface area (Å²) in [6.45, 7) is 9.05. The van der Waals surface area contributed by atoms with Gasteiger partial charge in [0.15, 0.2) is 5.78 Å². The third kappa shape index (κ3) is 8.35. The number of benzene rings is 3. The Labute approximate surface area is 271 Å². The molecule has 242 valence electrons. The van der Waals surface area contributed by atoms with E-state index in [1.165, 1.54) is 30.3 Å². The summed E-state index contributed by atoms with van der Waals surface area (Å²) in [5.74, 6) is -1.05. The van der Waals surface area contributed by atoms with E-state index in [1.807, 2.05) is 46.7 Å². The van der Waals surface area contributed by atoms with Crippen molar-refractivity contribution < 1.29 is 29.3 Å². The number of phenolic OH excluding ortho intramolecular Hbond substituents is 2. The lowest BCUT2D eigenvalue weighted by molar-refractivity contribution is 0.0192. The number of hydrogen-bond donors (Lipinski definition) is 4. The Kier molecular flexibility index (Phi) is 12.0. The van der Waals surface area contributed by atoms with E-state index >= 15 is 0 Å². The van der Waals surface area contributed by atoms with Crippen molar-refractivity contribution >= 4 is 35.8 Å². The molecule has 1 aliphatic heterocycles. The number of esters is 1. The summed E-state index contributed by atoms with van der Waals surface area (Å²) in [7, 11) is 3.69. The molecular weight excluding hydrogens is 594 g/mol. The molecule has 3 aromatic rings. The highest BCUT2D eigenvalue weighted by molar-refractivity contribution is 6.11. The van der Waals surface area contributed by atoms with Gasteiger partial charge in [-0.05, 0) is 84.8 Å². The van der Waals surface area contributed by atoms with Crippen molar-refractivity contribution in [3.63, 3.8) is 0 Å². The Hall–Kier alpha value is -4.08. The molecule has 0 unspecified atom stereocenters. The lowest BCUT2D eigenvalue weighted by atomic mass is 9.91. The van der Waals surface area contributed by atoms with E-state index < -0.39 is 18.1 Å². The predicted octanol–water partition coefficient (Wildman–Crippen LogP) is 5.77. The van der Waals surface area contributed by atoms with E-state index in [9.17, 15) is 24.6 Å². The number of halogens is 1. The largest absolute Gasteiger partial charge is 0.507 e. The molecule has 0 aromatic heterocycles. The summed E-state index contributed by atoms with van der Waals surface area (Å²) in [6, 6.07) is 14.0. The second kappa shape index (κ2) is 15.3. The van der Waals surface area contributed by atoms with Crippen molar-refractivity contribution in [1.29, 1.82) is 0 Å². The molecule has 45 heavy (non-hydrogen) atoms. The molecule has 1 saturated heterocycles. The zero-order chi connectivity index (χ0) is 32.1. The molecule has 4 rings (SSSR count). The first-order valence-electron chi connectivity index (χ1n) is 15.1. The normalized spacial score (nSPS) is 16.4. The molecule has 1 heterocycles. The molecule has 0 bridgehead atoms. The SMILES string of the molecule is CC(C)c1cc(C(=O)N[C@@H]2CNCCC[C@H]2OC(=O)c2ccc(C(=O)c3cc(N(C)C)ccc3O)cc2)cc(C(C)C)c1O.Cl. The minimum Gasteiger partial charge on any atom is -0.507 e. The van der Waals surface area contributed by atoms with Crippen LogP contribution in [0.5, 0.6) is 11.5 Å². The van der Waals surface area contributed by atoms with Gasteiger partial charge in [-0.25, -0.2) is 4.79 Å². The van der Waals surface area contributed by atoms with Crippen molar-refractivity contribution in [2.24, 2.45) is 0 Å². The van der Waals surface area contributed by atoms with Crippen LogP contribution in [0, 0.1) is 0 Å². The minimum absolute atomic E-state index is 0. The number of amides is 1. The van der Waals surface area contributed by atoms with Crippen LogP contribution in [0.25, 0.3) is 0 Å². The van der Waals surface area contributed by atoms with Crippen LogP contribution in [-0.4, -0.2) is 67.2 Å². The van der Waals surface area contributed by atoms with Crippen molar-refractivity contribution in [3.8, 4) is 11.5 Å². The molecule has 9 nitrogen and oxygen atoms in total. The lowest BCUT2D eigenvalue weighted by Gasteiger charge is -2.26. The van der Waals surface area contributed by atoms with Gasteiger partial charge in [-0.15, -0.1) is 12.4 Å². The maximum absolute atomic E-state index is 13.5. The number of nitrogens with zero attached hydrogens (tertiary/aromatic N) is 1. The van der Waals surface area contributed by atoms with E-state index in [2.05, 4.69) is 10.6 Å². The van der Waals surface area contributed by atoms with Crippen LogP contribution in [0.1, 0.15) is 100 Å². The van der Waals surface area contributed by atoms with E-state index in [0.717, 1.165) is 18.7 Å². The maximum Gasteiger partial charge on any atom is 0.338 e. The summed E-state index contributed by atoms with van der Waals surface area (Å²) < 4.78 is 5.93. The zero-order valence-corrected chi connectivity index (χ0v) is 27.5. The molecule has 10 heteroatoms. The van der Waals surface area contributed by atoms with Crippen molar-refractivity contribution in [2.45, 2.75) is 64.5 Å². The molecule has 4 N–H and O–H groups in total. The summed E-state index contributed by atoms with van der Waals surface area (Å²) in [4.78, 5) is 41.6. The fourth-order valence-corrected chi connectivity index (χ4v) is 5.35. The van der Waals surface area contributed by atoms with Gasteiger partial charge < -0.3 is 30.5 Å². The number of rotatable bonds is 9. The lowest BCUT2D eigenvalue weighted by Crippen LogP contribution is -2.49. The fourth-order valence-electron chi connectivity index (χ4n) is 5.35. The first-order valence-corrected chi connectivity index (χ1v) is 15.1. The quantitative estimate of drug-likeness (QED) is 0.172. The van der Waals surface area contributed by atoms with Gasteiger partial charge in [0.1, 0.15) is 17.6 Å². The Morgan fingerprint density at radius 3 is 2.07 bits per heavy atom. The fraction of sp³-hybridized carbons (Fsp3) is 0.400. The van der Waals surface area contributed by atoms with Gasteiger partial charge in [0.2, 0.25) is 0 Å². The molecule has 3 aromatic carbocycles. The van der Waals surface area contributed by atoms with Gasteiger partial charge in [0.05, 0.1) is 17.2 Å². The van der Waals surface area contributed by atoms with Gasteiger partial charge >= 0.3 is 5.97 Å². The highest BCUT2D eigenvalue weighted by Crippen LogP contribution is 2.35. The average Bonchev–Trinajstić information content (AvgIpc) is 3.21. The summed E-state index contributed by atoms with van der Waals surface area (Å²) in [5, 5.41) is 27.4. The van der Waals surface area contributed by atoms with Crippen LogP contribution >= 0.6 is 12.4 Å². The van der Waals surface area contributed by atoms with E-state index in [4.69, 9.17) is 4.74 Å². The number of anilines is 1. The van der Waals surface area contributed by atoms with Crippen LogP contribution in [-0.2, 0) is 4.74 Å². The molecule has 2 atom stereocenters. The number of phenols is 2. The van der Waals surface area contributed by atoms with Crippen LogP contribution in [0.15, 0.2) is 54.6 Å². The van der Waals surface area contributed by atoms with Gasteiger partial charge in [0, 0.05) is 37.5 Å². The van der Waals surface area contributed by atoms with Crippen LogP contribution in [0.3, 0.4) is 0 Å². The Bertz CT molecular complexity index is 1490.